The predicted octanol–water partition coefficient (Wildman–Crippen LogP) is 1.72. The van der Waals surface area contributed by atoms with E-state index in [-0.39, 0.29) is 18.6 Å². The largest absolute Gasteiger partial charge is 0.463 e. The molecular weight excluding hydrogens is 294 g/mol. The van der Waals surface area contributed by atoms with E-state index in [1.165, 1.54) is 12.8 Å². The molecule has 0 saturated carbocycles. The third kappa shape index (κ3) is 3.70. The molecule has 23 heavy (non-hydrogen) atoms. The Morgan fingerprint density at radius 1 is 1.39 bits per heavy atom. The molecule has 6 heteroatoms. The van der Waals surface area contributed by atoms with Gasteiger partial charge in [-0.1, -0.05) is 6.42 Å². The van der Waals surface area contributed by atoms with E-state index in [2.05, 4.69) is 15.5 Å². The van der Waals surface area contributed by atoms with Gasteiger partial charge in [-0.25, -0.2) is 4.79 Å². The third-order valence-electron chi connectivity index (χ3n) is 5.04. The van der Waals surface area contributed by atoms with Crippen LogP contribution in [-0.2, 0) is 5.60 Å². The van der Waals surface area contributed by atoms with Crippen LogP contribution in [0.1, 0.15) is 44.1 Å². The molecule has 0 bridgehead atoms. The van der Waals surface area contributed by atoms with E-state index in [1.54, 1.807) is 19.1 Å². The molecule has 0 aromatic carbocycles. The molecule has 1 aromatic rings. The molecule has 6 nitrogen and oxygen atoms in total. The van der Waals surface area contributed by atoms with Crippen molar-refractivity contribution in [2.24, 2.45) is 0 Å². The average Bonchev–Trinajstić information content (AvgIpc) is 3.13. The average molecular weight is 321 g/mol. The lowest BCUT2D eigenvalue weighted by atomic mass is 9.99. The van der Waals surface area contributed by atoms with Gasteiger partial charge < -0.3 is 20.2 Å². The molecule has 0 spiro atoms. The Morgan fingerprint density at radius 3 is 2.96 bits per heavy atom. The van der Waals surface area contributed by atoms with Crippen molar-refractivity contribution in [1.82, 2.24) is 15.5 Å². The number of nitrogens with zero attached hydrogens (tertiary/aromatic N) is 1. The van der Waals surface area contributed by atoms with Crippen molar-refractivity contribution in [1.29, 1.82) is 0 Å². The molecule has 0 radical (unpaired) electrons. The number of fused-ring (bicyclic) bond motifs is 1. The van der Waals surface area contributed by atoms with Crippen LogP contribution in [0.4, 0.5) is 4.79 Å². The molecule has 3 N–H and O–H groups in total. The topological polar surface area (TPSA) is 77.7 Å². The zero-order valence-corrected chi connectivity index (χ0v) is 14.0. The minimum atomic E-state index is -1.21. The van der Waals surface area contributed by atoms with Crippen LogP contribution in [0.5, 0.6) is 0 Å². The zero-order chi connectivity index (χ0) is 16.4. The molecule has 3 heterocycles. The number of nitrogens with one attached hydrogen (secondary N) is 2. The van der Waals surface area contributed by atoms with Crippen LogP contribution >= 0.6 is 0 Å². The SMILES string of the molecule is Cc1ccc(C(C)(O)CNC(=O)NC2CCN3CCCCC23)o1. The molecule has 128 valence electrons. The maximum absolute atomic E-state index is 12.2. The van der Waals surface area contributed by atoms with E-state index in [0.29, 0.717) is 11.8 Å². The summed E-state index contributed by atoms with van der Waals surface area (Å²) in [6, 6.07) is 4.02. The number of aliphatic hydroxyl groups is 1. The van der Waals surface area contributed by atoms with Gasteiger partial charge >= 0.3 is 6.03 Å². The molecule has 3 rings (SSSR count). The van der Waals surface area contributed by atoms with Gasteiger partial charge in [0.2, 0.25) is 0 Å². The molecular formula is C17H27N3O3. The highest BCUT2D eigenvalue weighted by Gasteiger charge is 2.36. The highest BCUT2D eigenvalue weighted by molar-refractivity contribution is 5.74. The van der Waals surface area contributed by atoms with Crippen LogP contribution in [0.3, 0.4) is 0 Å². The fraction of sp³-hybridized carbons (Fsp3) is 0.706. The lowest BCUT2D eigenvalue weighted by molar-refractivity contribution is 0.0358. The number of furan rings is 1. The van der Waals surface area contributed by atoms with Crippen molar-refractivity contribution in [3.63, 3.8) is 0 Å². The summed E-state index contributed by atoms with van der Waals surface area (Å²) in [5.41, 5.74) is -1.21. The number of rotatable bonds is 4. The van der Waals surface area contributed by atoms with Crippen LogP contribution in [0, 0.1) is 6.92 Å². The van der Waals surface area contributed by atoms with E-state index < -0.39 is 5.60 Å². The molecule has 0 aliphatic carbocycles. The Morgan fingerprint density at radius 2 is 2.22 bits per heavy atom. The van der Waals surface area contributed by atoms with Crippen molar-refractivity contribution < 1.29 is 14.3 Å². The second-order valence-corrected chi connectivity index (χ2v) is 7.01. The van der Waals surface area contributed by atoms with Gasteiger partial charge in [-0.2, -0.15) is 0 Å². The Balaban J connectivity index is 1.50. The first-order chi connectivity index (χ1) is 11.0. The molecule has 2 aliphatic rings. The van der Waals surface area contributed by atoms with Gasteiger partial charge in [0.1, 0.15) is 17.1 Å². The summed E-state index contributed by atoms with van der Waals surface area (Å²) in [4.78, 5) is 14.7. The first-order valence-electron chi connectivity index (χ1n) is 8.53. The minimum absolute atomic E-state index is 0.118. The van der Waals surface area contributed by atoms with Crippen LogP contribution in [-0.4, -0.2) is 47.8 Å². The van der Waals surface area contributed by atoms with Crippen molar-refractivity contribution in [2.75, 3.05) is 19.6 Å². The van der Waals surface area contributed by atoms with Crippen molar-refractivity contribution in [3.8, 4) is 0 Å². The highest BCUT2D eigenvalue weighted by Crippen LogP contribution is 2.27. The summed E-state index contributed by atoms with van der Waals surface area (Å²) in [5, 5.41) is 16.3. The highest BCUT2D eigenvalue weighted by atomic mass is 16.4. The van der Waals surface area contributed by atoms with E-state index in [9.17, 15) is 9.90 Å². The van der Waals surface area contributed by atoms with Crippen molar-refractivity contribution in [3.05, 3.63) is 23.7 Å². The standard InChI is InChI=1S/C17H27N3O3/c1-12-6-7-15(23-12)17(2,22)11-18-16(21)19-13-8-10-20-9-4-3-5-14(13)20/h6-7,13-14,22H,3-5,8-11H2,1-2H3,(H2,18,19,21). The molecule has 3 unspecified atom stereocenters. The molecule has 2 amide bonds. The molecule has 2 aliphatic heterocycles. The number of aryl methyl sites for hydroxylation is 1. The maximum Gasteiger partial charge on any atom is 0.315 e. The van der Waals surface area contributed by atoms with Gasteiger partial charge in [-0.15, -0.1) is 0 Å². The number of piperidine rings is 1. The van der Waals surface area contributed by atoms with Crippen molar-refractivity contribution >= 4 is 6.03 Å². The first kappa shape index (κ1) is 16.3. The lowest BCUT2D eigenvalue weighted by Gasteiger charge is -2.32. The molecule has 2 saturated heterocycles. The zero-order valence-electron chi connectivity index (χ0n) is 14.0. The van der Waals surface area contributed by atoms with Gasteiger partial charge in [0, 0.05) is 18.6 Å². The normalized spacial score (nSPS) is 27.3. The maximum atomic E-state index is 12.2. The molecule has 3 atom stereocenters. The summed E-state index contributed by atoms with van der Waals surface area (Å²) in [6.07, 6.45) is 4.68. The van der Waals surface area contributed by atoms with Gasteiger partial charge in [-0.05, 0) is 51.8 Å². The van der Waals surface area contributed by atoms with Gasteiger partial charge in [-0.3, -0.25) is 4.90 Å². The van der Waals surface area contributed by atoms with Gasteiger partial charge in [0.25, 0.3) is 0 Å². The number of carbonyl (C=O) groups is 1. The van der Waals surface area contributed by atoms with Gasteiger partial charge in [0.05, 0.1) is 6.54 Å². The smallest absolute Gasteiger partial charge is 0.315 e. The van der Waals surface area contributed by atoms with Crippen LogP contribution in [0.15, 0.2) is 16.5 Å². The second kappa shape index (κ2) is 6.53. The number of carbonyl (C=O) groups excluding carboxylic acids is 1. The summed E-state index contributed by atoms with van der Waals surface area (Å²) < 4.78 is 5.46. The van der Waals surface area contributed by atoms with Gasteiger partial charge in [0.15, 0.2) is 0 Å². The monoisotopic (exact) mass is 321 g/mol. The van der Waals surface area contributed by atoms with Crippen LogP contribution in [0.25, 0.3) is 0 Å². The number of urea groups is 1. The Labute approximate surface area is 137 Å². The predicted molar refractivity (Wildman–Crippen MR) is 87.2 cm³/mol. The van der Waals surface area contributed by atoms with E-state index in [0.717, 1.165) is 31.7 Å². The Bertz CT molecular complexity index is 555. The summed E-state index contributed by atoms with van der Waals surface area (Å²) >= 11 is 0. The van der Waals surface area contributed by atoms with E-state index >= 15 is 0 Å². The molecule has 1 aromatic heterocycles. The summed E-state index contributed by atoms with van der Waals surface area (Å²) in [6.45, 7) is 5.81. The summed E-state index contributed by atoms with van der Waals surface area (Å²) in [5.74, 6) is 1.21. The Hall–Kier alpha value is -1.53. The number of hydrogen-bond acceptors (Lipinski definition) is 4. The quantitative estimate of drug-likeness (QED) is 0.789. The second-order valence-electron chi connectivity index (χ2n) is 7.01. The fourth-order valence-electron chi connectivity index (χ4n) is 3.70. The van der Waals surface area contributed by atoms with E-state index in [4.69, 9.17) is 4.42 Å². The van der Waals surface area contributed by atoms with Crippen LogP contribution in [0.2, 0.25) is 0 Å². The fourth-order valence-corrected chi connectivity index (χ4v) is 3.70. The summed E-state index contributed by atoms with van der Waals surface area (Å²) in [7, 11) is 0. The number of hydrogen-bond donors (Lipinski definition) is 3. The molecule has 2 fully saturated rings. The van der Waals surface area contributed by atoms with E-state index in [1.807, 2.05) is 6.92 Å². The van der Waals surface area contributed by atoms with Crippen molar-refractivity contribution in [2.45, 2.75) is 57.2 Å². The first-order valence-corrected chi connectivity index (χ1v) is 8.53. The Kier molecular flexibility index (Phi) is 4.64. The third-order valence-corrected chi connectivity index (χ3v) is 5.04. The number of amides is 2. The lowest BCUT2D eigenvalue weighted by Crippen LogP contribution is -2.51. The van der Waals surface area contributed by atoms with Crippen LogP contribution < -0.4 is 10.6 Å². The minimum Gasteiger partial charge on any atom is -0.463 e.